The molecule has 0 aromatic heterocycles. The summed E-state index contributed by atoms with van der Waals surface area (Å²) in [4.78, 5) is 28.4. The van der Waals surface area contributed by atoms with E-state index in [2.05, 4.69) is 11.9 Å². The fourth-order valence-corrected chi connectivity index (χ4v) is 1.81. The van der Waals surface area contributed by atoms with E-state index >= 15 is 0 Å². The van der Waals surface area contributed by atoms with Crippen molar-refractivity contribution in [2.75, 3.05) is 5.32 Å². The molecule has 5 nitrogen and oxygen atoms in total. The predicted molar refractivity (Wildman–Crippen MR) is 61.0 cm³/mol. The number of rotatable bonds is 4. The molecule has 1 aromatic rings. The molecule has 0 aliphatic heterocycles. The molecule has 0 aliphatic rings. The minimum atomic E-state index is -4.04. The van der Waals surface area contributed by atoms with Crippen LogP contribution in [0.4, 0.5) is 5.69 Å². The molecule has 0 unspecified atom stereocenters. The maximum atomic E-state index is 10.9. The van der Waals surface area contributed by atoms with E-state index in [-0.39, 0.29) is 12.1 Å². The predicted octanol–water partition coefficient (Wildman–Crippen LogP) is 1.49. The van der Waals surface area contributed by atoms with Crippen molar-refractivity contribution >= 4 is 19.2 Å². The van der Waals surface area contributed by atoms with Crippen LogP contribution in [-0.4, -0.2) is 15.7 Å². The standard InChI is InChI=1S/C10H12NO4P/c1-2-10(12)11-9-5-3-8(4-6-9)7-16(13,14)15/h2-6H,1,7H2,(H,11,12)(H2,13,14,15). The van der Waals surface area contributed by atoms with Crippen molar-refractivity contribution in [1.29, 1.82) is 0 Å². The first-order valence-corrected chi connectivity index (χ1v) is 6.27. The number of nitrogens with one attached hydrogen (secondary N) is 1. The van der Waals surface area contributed by atoms with Gasteiger partial charge in [0.05, 0.1) is 6.16 Å². The van der Waals surface area contributed by atoms with E-state index in [0.717, 1.165) is 6.08 Å². The number of benzene rings is 1. The largest absolute Gasteiger partial charge is 0.329 e. The number of carbonyl (C=O) groups is 1. The molecular formula is C10H12NO4P. The van der Waals surface area contributed by atoms with E-state index in [0.29, 0.717) is 11.3 Å². The van der Waals surface area contributed by atoms with Gasteiger partial charge in [0.1, 0.15) is 0 Å². The number of anilines is 1. The lowest BCUT2D eigenvalue weighted by Gasteiger charge is -2.05. The van der Waals surface area contributed by atoms with Crippen LogP contribution in [0.3, 0.4) is 0 Å². The van der Waals surface area contributed by atoms with Crippen LogP contribution in [0.15, 0.2) is 36.9 Å². The highest BCUT2D eigenvalue weighted by atomic mass is 31.2. The molecule has 1 rings (SSSR count). The fraction of sp³-hybridized carbons (Fsp3) is 0.100. The normalized spacial score (nSPS) is 10.9. The number of hydrogen-bond acceptors (Lipinski definition) is 2. The molecule has 0 aliphatic carbocycles. The summed E-state index contributed by atoms with van der Waals surface area (Å²) in [6, 6.07) is 6.26. The van der Waals surface area contributed by atoms with Crippen LogP contribution < -0.4 is 5.32 Å². The highest BCUT2D eigenvalue weighted by molar-refractivity contribution is 7.50. The van der Waals surface area contributed by atoms with Crippen molar-refractivity contribution in [3.05, 3.63) is 42.5 Å². The van der Waals surface area contributed by atoms with Gasteiger partial charge in [-0.15, -0.1) is 0 Å². The zero-order valence-electron chi connectivity index (χ0n) is 8.46. The van der Waals surface area contributed by atoms with E-state index in [1.165, 1.54) is 0 Å². The Balaban J connectivity index is 2.72. The van der Waals surface area contributed by atoms with Gasteiger partial charge in [0.25, 0.3) is 0 Å². The highest BCUT2D eigenvalue weighted by Crippen LogP contribution is 2.39. The monoisotopic (exact) mass is 241 g/mol. The maximum Gasteiger partial charge on any atom is 0.329 e. The van der Waals surface area contributed by atoms with Crippen molar-refractivity contribution in [2.45, 2.75) is 6.16 Å². The maximum absolute atomic E-state index is 10.9. The van der Waals surface area contributed by atoms with Crippen LogP contribution in [0.2, 0.25) is 0 Å². The molecule has 1 amide bonds. The van der Waals surface area contributed by atoms with Gasteiger partial charge >= 0.3 is 7.60 Å². The molecule has 0 atom stereocenters. The molecule has 0 saturated heterocycles. The van der Waals surface area contributed by atoms with Gasteiger partial charge in [-0.05, 0) is 23.8 Å². The summed E-state index contributed by atoms with van der Waals surface area (Å²) < 4.78 is 10.7. The number of carbonyl (C=O) groups excluding carboxylic acids is 1. The first kappa shape index (κ1) is 12.6. The van der Waals surface area contributed by atoms with Gasteiger partial charge < -0.3 is 15.1 Å². The van der Waals surface area contributed by atoms with Gasteiger partial charge in [-0.2, -0.15) is 0 Å². The van der Waals surface area contributed by atoms with E-state index in [1.54, 1.807) is 24.3 Å². The Bertz CT molecular complexity index is 435. The molecule has 0 heterocycles. The average Bonchev–Trinajstić information content (AvgIpc) is 2.18. The first-order chi connectivity index (χ1) is 7.40. The van der Waals surface area contributed by atoms with E-state index in [9.17, 15) is 9.36 Å². The Kier molecular flexibility index (Phi) is 4.01. The molecule has 86 valence electrons. The summed E-state index contributed by atoms with van der Waals surface area (Å²) in [5, 5.41) is 2.53. The summed E-state index contributed by atoms with van der Waals surface area (Å²) >= 11 is 0. The summed E-state index contributed by atoms with van der Waals surface area (Å²) in [7, 11) is -4.04. The van der Waals surface area contributed by atoms with Gasteiger partial charge in [0.2, 0.25) is 5.91 Å². The molecule has 0 radical (unpaired) electrons. The summed E-state index contributed by atoms with van der Waals surface area (Å²) in [6.07, 6.45) is 0.840. The molecule has 0 fully saturated rings. The molecule has 0 saturated carbocycles. The minimum Gasteiger partial charge on any atom is -0.324 e. The molecule has 0 bridgehead atoms. The quantitative estimate of drug-likeness (QED) is 0.550. The zero-order chi connectivity index (χ0) is 12.2. The SMILES string of the molecule is C=CC(=O)Nc1ccc(CP(=O)(O)O)cc1. The van der Waals surface area contributed by atoms with Crippen LogP contribution in [0.5, 0.6) is 0 Å². The van der Waals surface area contributed by atoms with Gasteiger partial charge in [-0.1, -0.05) is 18.7 Å². The van der Waals surface area contributed by atoms with Crippen LogP contribution in [-0.2, 0) is 15.5 Å². The summed E-state index contributed by atoms with van der Waals surface area (Å²) in [5.41, 5.74) is 1.07. The lowest BCUT2D eigenvalue weighted by atomic mass is 10.2. The smallest absolute Gasteiger partial charge is 0.324 e. The lowest BCUT2D eigenvalue weighted by Crippen LogP contribution is -2.06. The second-order valence-electron chi connectivity index (χ2n) is 3.21. The van der Waals surface area contributed by atoms with Gasteiger partial charge in [0, 0.05) is 5.69 Å². The molecule has 16 heavy (non-hydrogen) atoms. The fourth-order valence-electron chi connectivity index (χ4n) is 1.12. The van der Waals surface area contributed by atoms with Crippen LogP contribution in [0.1, 0.15) is 5.56 Å². The Morgan fingerprint density at radius 3 is 2.38 bits per heavy atom. The van der Waals surface area contributed by atoms with Crippen molar-refractivity contribution in [1.82, 2.24) is 0 Å². The Hall–Kier alpha value is -1.42. The van der Waals surface area contributed by atoms with Crippen LogP contribution >= 0.6 is 7.60 Å². The van der Waals surface area contributed by atoms with Crippen LogP contribution in [0, 0.1) is 0 Å². The van der Waals surface area contributed by atoms with Gasteiger partial charge in [-0.25, -0.2) is 0 Å². The third kappa shape index (κ3) is 4.40. The molecule has 1 aromatic carbocycles. The minimum absolute atomic E-state index is 0.303. The van der Waals surface area contributed by atoms with Crippen molar-refractivity contribution in [3.8, 4) is 0 Å². The van der Waals surface area contributed by atoms with Crippen LogP contribution in [0.25, 0.3) is 0 Å². The second kappa shape index (κ2) is 5.07. The molecule has 6 heteroatoms. The van der Waals surface area contributed by atoms with E-state index < -0.39 is 7.60 Å². The van der Waals surface area contributed by atoms with Crippen molar-refractivity contribution in [3.63, 3.8) is 0 Å². The van der Waals surface area contributed by atoms with E-state index in [4.69, 9.17) is 9.79 Å². The van der Waals surface area contributed by atoms with E-state index in [1.807, 2.05) is 0 Å². The molecular weight excluding hydrogens is 229 g/mol. The van der Waals surface area contributed by atoms with Gasteiger partial charge in [0.15, 0.2) is 0 Å². The third-order valence-corrected chi connectivity index (χ3v) is 2.57. The molecule has 0 spiro atoms. The van der Waals surface area contributed by atoms with Crippen molar-refractivity contribution in [2.24, 2.45) is 0 Å². The zero-order valence-corrected chi connectivity index (χ0v) is 9.35. The number of amides is 1. The third-order valence-electron chi connectivity index (χ3n) is 1.80. The summed E-state index contributed by atoms with van der Waals surface area (Å²) in [6.45, 7) is 3.31. The lowest BCUT2D eigenvalue weighted by molar-refractivity contribution is -0.111. The van der Waals surface area contributed by atoms with Crippen molar-refractivity contribution < 1.29 is 19.1 Å². The number of hydrogen-bond donors (Lipinski definition) is 3. The van der Waals surface area contributed by atoms with Gasteiger partial charge in [-0.3, -0.25) is 9.36 Å². The second-order valence-corrected chi connectivity index (χ2v) is 4.86. The Morgan fingerprint density at radius 1 is 1.38 bits per heavy atom. The average molecular weight is 241 g/mol. The Labute approximate surface area is 93.0 Å². The highest BCUT2D eigenvalue weighted by Gasteiger charge is 2.13. The molecule has 3 N–H and O–H groups in total. The topological polar surface area (TPSA) is 86.6 Å². The Morgan fingerprint density at radius 2 is 1.94 bits per heavy atom. The summed E-state index contributed by atoms with van der Waals surface area (Å²) in [5.74, 6) is -0.331. The first-order valence-electron chi connectivity index (χ1n) is 4.47.